The first kappa shape index (κ1) is 20.4. The molecule has 2 aromatic rings. The van der Waals surface area contributed by atoms with Gasteiger partial charge in [0.25, 0.3) is 0 Å². The largest absolute Gasteiger partial charge is 0.370 e. The van der Waals surface area contributed by atoms with Gasteiger partial charge in [0.2, 0.25) is 5.95 Å². The van der Waals surface area contributed by atoms with Crippen LogP contribution in [-0.4, -0.2) is 50.5 Å². The van der Waals surface area contributed by atoms with Gasteiger partial charge in [0.15, 0.2) is 0 Å². The molecule has 2 aliphatic rings. The number of urea groups is 1. The number of nitrogens with one attached hydrogen (secondary N) is 4. The fourth-order valence-corrected chi connectivity index (χ4v) is 5.10. The van der Waals surface area contributed by atoms with Gasteiger partial charge in [-0.2, -0.15) is 4.98 Å². The van der Waals surface area contributed by atoms with Crippen LogP contribution in [0.15, 0.2) is 29.3 Å². The third-order valence-corrected chi connectivity index (χ3v) is 7.17. The van der Waals surface area contributed by atoms with Crippen molar-refractivity contribution in [2.75, 3.05) is 41.3 Å². The van der Waals surface area contributed by atoms with Crippen LogP contribution in [0.1, 0.15) is 31.2 Å². The molecule has 1 atom stereocenters. The smallest absolute Gasteiger partial charge is 0.321 e. The highest BCUT2D eigenvalue weighted by atomic mass is 32.2. The average Bonchev–Trinajstić information content (AvgIpc) is 3.24. The number of hydrogen-bond acceptors (Lipinski definition) is 7. The summed E-state index contributed by atoms with van der Waals surface area (Å²) in [6.45, 7) is 4.09. The van der Waals surface area contributed by atoms with E-state index in [2.05, 4.69) is 25.9 Å². The fraction of sp³-hybridized carbons (Fsp3) is 0.450. The lowest BCUT2D eigenvalue weighted by Crippen LogP contribution is -2.32. The number of carbonyl (C=O) groups is 1. The molecule has 1 unspecified atom stereocenters. The Hall–Kier alpha value is -2.88. The van der Waals surface area contributed by atoms with Gasteiger partial charge < -0.3 is 20.9 Å². The van der Waals surface area contributed by atoms with Crippen molar-refractivity contribution in [1.29, 1.82) is 4.78 Å². The van der Waals surface area contributed by atoms with Crippen molar-refractivity contribution in [2.24, 2.45) is 0 Å². The van der Waals surface area contributed by atoms with Crippen LogP contribution in [0.5, 0.6) is 0 Å². The number of amides is 2. The standard InChI is InChI=1S/C20H27N7O2S/c1-14-13-23-19-24-15-10-16(25-20(28)27-7-3-4-8-27)12-17(11-15)30(21,29)9-5-2-6-22-18(14)26-19/h10-13,21H,2-9H2,1H3,(H,25,28)(H2,22,23,24,26). The number of hydrogen-bond donors (Lipinski definition) is 4. The summed E-state index contributed by atoms with van der Waals surface area (Å²) in [5.41, 5.74) is 2.03. The van der Waals surface area contributed by atoms with Gasteiger partial charge in [0, 0.05) is 48.5 Å². The molecule has 0 spiro atoms. The summed E-state index contributed by atoms with van der Waals surface area (Å²) in [4.78, 5) is 23.6. The SMILES string of the molecule is Cc1cnc2nc1NCCCCS(=N)(=O)c1cc(NC(=O)N3CCCC3)cc(c1)N2. The lowest BCUT2D eigenvalue weighted by molar-refractivity contribution is 0.222. The van der Waals surface area contributed by atoms with E-state index >= 15 is 0 Å². The molecule has 4 bridgehead atoms. The quantitative estimate of drug-likeness (QED) is 0.547. The predicted molar refractivity (Wildman–Crippen MR) is 118 cm³/mol. The van der Waals surface area contributed by atoms with Gasteiger partial charge in [0.1, 0.15) is 5.82 Å². The van der Waals surface area contributed by atoms with Crippen molar-refractivity contribution in [1.82, 2.24) is 14.9 Å². The molecule has 1 aromatic carbocycles. The number of nitrogens with zero attached hydrogens (tertiary/aromatic N) is 3. The molecule has 0 radical (unpaired) electrons. The van der Waals surface area contributed by atoms with Crippen LogP contribution >= 0.6 is 0 Å². The molecule has 160 valence electrons. The van der Waals surface area contributed by atoms with Gasteiger partial charge in [-0.05, 0) is 50.8 Å². The van der Waals surface area contributed by atoms with E-state index in [9.17, 15) is 9.00 Å². The minimum absolute atomic E-state index is 0.178. The van der Waals surface area contributed by atoms with Crippen molar-refractivity contribution < 1.29 is 9.00 Å². The Kier molecular flexibility index (Phi) is 5.76. The first-order chi connectivity index (χ1) is 14.4. The van der Waals surface area contributed by atoms with Crippen molar-refractivity contribution in [3.8, 4) is 0 Å². The number of rotatable bonds is 1. The summed E-state index contributed by atoms with van der Waals surface area (Å²) < 4.78 is 21.6. The maximum atomic E-state index is 13.1. The van der Waals surface area contributed by atoms with Gasteiger partial charge >= 0.3 is 6.03 Å². The zero-order chi connectivity index (χ0) is 21.1. The van der Waals surface area contributed by atoms with E-state index in [0.717, 1.165) is 43.7 Å². The molecule has 1 fully saturated rings. The highest BCUT2D eigenvalue weighted by molar-refractivity contribution is 7.92. The minimum Gasteiger partial charge on any atom is -0.370 e. The van der Waals surface area contributed by atoms with Crippen LogP contribution in [0, 0.1) is 11.7 Å². The summed E-state index contributed by atoms with van der Waals surface area (Å²) in [7, 11) is -2.99. The van der Waals surface area contributed by atoms with Gasteiger partial charge in [-0.1, -0.05) is 0 Å². The van der Waals surface area contributed by atoms with Crippen LogP contribution in [0.25, 0.3) is 0 Å². The molecule has 2 aliphatic heterocycles. The molecule has 3 heterocycles. The Morgan fingerprint density at radius 3 is 2.80 bits per heavy atom. The molecular formula is C20H27N7O2S. The second kappa shape index (κ2) is 8.47. The highest BCUT2D eigenvalue weighted by Gasteiger charge is 2.20. The Morgan fingerprint density at radius 1 is 1.20 bits per heavy atom. The second-order valence-electron chi connectivity index (χ2n) is 7.73. The fourth-order valence-electron chi connectivity index (χ4n) is 3.62. The Labute approximate surface area is 176 Å². The molecule has 1 aromatic heterocycles. The van der Waals surface area contributed by atoms with Crippen LogP contribution in [0.4, 0.5) is 27.9 Å². The van der Waals surface area contributed by atoms with Crippen molar-refractivity contribution >= 4 is 38.9 Å². The first-order valence-corrected chi connectivity index (χ1v) is 12.0. The number of carbonyl (C=O) groups excluding carboxylic acids is 1. The Bertz CT molecular complexity index is 1050. The van der Waals surface area contributed by atoms with Crippen LogP contribution in [0.2, 0.25) is 0 Å². The van der Waals surface area contributed by atoms with Crippen LogP contribution in [0.3, 0.4) is 0 Å². The van der Waals surface area contributed by atoms with Crippen molar-refractivity contribution in [2.45, 2.75) is 37.5 Å². The third kappa shape index (κ3) is 4.64. The minimum atomic E-state index is -2.99. The molecule has 0 aliphatic carbocycles. The summed E-state index contributed by atoms with van der Waals surface area (Å²) in [5.74, 6) is 1.41. The summed E-state index contributed by atoms with van der Waals surface area (Å²) in [6, 6.07) is 4.91. The zero-order valence-electron chi connectivity index (χ0n) is 17.0. The van der Waals surface area contributed by atoms with E-state index in [0.29, 0.717) is 35.2 Å². The van der Waals surface area contributed by atoms with E-state index in [-0.39, 0.29) is 11.8 Å². The molecule has 1 saturated heterocycles. The van der Waals surface area contributed by atoms with E-state index in [1.807, 2.05) is 6.92 Å². The first-order valence-electron chi connectivity index (χ1n) is 10.2. The summed E-state index contributed by atoms with van der Waals surface area (Å²) >= 11 is 0. The predicted octanol–water partition coefficient (Wildman–Crippen LogP) is 3.77. The second-order valence-corrected chi connectivity index (χ2v) is 9.96. The third-order valence-electron chi connectivity index (χ3n) is 5.31. The van der Waals surface area contributed by atoms with E-state index < -0.39 is 9.73 Å². The van der Waals surface area contributed by atoms with Gasteiger partial charge in [-0.15, -0.1) is 0 Å². The van der Waals surface area contributed by atoms with Gasteiger partial charge in [-0.25, -0.2) is 18.8 Å². The number of anilines is 4. The van der Waals surface area contributed by atoms with Crippen molar-refractivity contribution in [3.05, 3.63) is 30.0 Å². The van der Waals surface area contributed by atoms with Gasteiger partial charge in [-0.3, -0.25) is 0 Å². The monoisotopic (exact) mass is 429 g/mol. The van der Waals surface area contributed by atoms with Crippen LogP contribution in [-0.2, 0) is 9.73 Å². The lowest BCUT2D eigenvalue weighted by Gasteiger charge is -2.18. The normalized spacial score (nSPS) is 21.4. The molecule has 10 heteroatoms. The molecule has 0 saturated carbocycles. The molecule has 4 rings (SSSR count). The summed E-state index contributed by atoms with van der Waals surface area (Å²) in [5, 5.41) is 9.32. The molecule has 30 heavy (non-hydrogen) atoms. The topological polar surface area (TPSA) is 123 Å². The summed E-state index contributed by atoms with van der Waals surface area (Å²) in [6.07, 6.45) is 5.18. The number of likely N-dealkylation sites (tertiary alicyclic amines) is 1. The Morgan fingerprint density at radius 2 is 2.00 bits per heavy atom. The number of aromatic nitrogens is 2. The highest BCUT2D eigenvalue weighted by Crippen LogP contribution is 2.27. The zero-order valence-corrected chi connectivity index (χ0v) is 17.8. The molecule has 2 amide bonds. The number of benzene rings is 1. The molecular weight excluding hydrogens is 402 g/mol. The molecule has 4 N–H and O–H groups in total. The maximum Gasteiger partial charge on any atom is 0.321 e. The van der Waals surface area contributed by atoms with Crippen LogP contribution < -0.4 is 16.0 Å². The number of aryl methyl sites for hydroxylation is 1. The number of fused-ring (bicyclic) bond motifs is 4. The lowest BCUT2D eigenvalue weighted by atomic mass is 10.2. The molecule has 9 nitrogen and oxygen atoms in total. The van der Waals surface area contributed by atoms with E-state index in [4.69, 9.17) is 4.78 Å². The maximum absolute atomic E-state index is 13.1. The van der Waals surface area contributed by atoms with E-state index in [1.54, 1.807) is 29.3 Å². The van der Waals surface area contributed by atoms with Crippen molar-refractivity contribution in [3.63, 3.8) is 0 Å². The van der Waals surface area contributed by atoms with E-state index in [1.165, 1.54) is 0 Å². The Balaban J connectivity index is 1.70. The average molecular weight is 430 g/mol. The van der Waals surface area contributed by atoms with Gasteiger partial charge in [0.05, 0.1) is 14.6 Å².